The lowest BCUT2D eigenvalue weighted by atomic mass is 10.0. The lowest BCUT2D eigenvalue weighted by molar-refractivity contribution is 0.171. The molecule has 1 aromatic heterocycles. The largest absolute Gasteiger partial charge is 0.379 e. The molecule has 1 aliphatic heterocycles. The number of nitrogens with zero attached hydrogens (tertiary/aromatic N) is 2. The number of hydrogen-bond donors (Lipinski definition) is 1. The maximum atomic E-state index is 5.44. The van der Waals surface area contributed by atoms with Gasteiger partial charge in [0.05, 0.1) is 22.5 Å². The quantitative estimate of drug-likeness (QED) is 0.927. The van der Waals surface area contributed by atoms with Crippen LogP contribution in [0.15, 0.2) is 4.47 Å². The van der Waals surface area contributed by atoms with Crippen molar-refractivity contribution in [3.05, 3.63) is 15.9 Å². The van der Waals surface area contributed by atoms with Crippen LogP contribution in [0.4, 0.5) is 0 Å². The number of ether oxygens (including phenoxy) is 1. The van der Waals surface area contributed by atoms with Gasteiger partial charge in [0.15, 0.2) is 0 Å². The van der Waals surface area contributed by atoms with Crippen molar-refractivity contribution in [1.29, 1.82) is 0 Å². The Morgan fingerprint density at radius 1 is 1.59 bits per heavy atom. The maximum absolute atomic E-state index is 5.44. The zero-order valence-electron chi connectivity index (χ0n) is 10.7. The Labute approximate surface area is 111 Å². The highest BCUT2D eigenvalue weighted by Gasteiger charge is 2.29. The molecule has 2 rings (SSSR count). The third-order valence-electron chi connectivity index (χ3n) is 3.35. The molecule has 1 unspecified atom stereocenters. The van der Waals surface area contributed by atoms with Gasteiger partial charge in [0.25, 0.3) is 0 Å². The van der Waals surface area contributed by atoms with Crippen LogP contribution in [0.5, 0.6) is 0 Å². The fourth-order valence-electron chi connectivity index (χ4n) is 2.14. The van der Waals surface area contributed by atoms with E-state index in [1.165, 1.54) is 5.69 Å². The van der Waals surface area contributed by atoms with E-state index in [4.69, 9.17) is 4.74 Å². The van der Waals surface area contributed by atoms with E-state index in [0.717, 1.165) is 42.9 Å². The van der Waals surface area contributed by atoms with Crippen molar-refractivity contribution in [3.8, 4) is 0 Å². The Kier molecular flexibility index (Phi) is 3.90. The van der Waals surface area contributed by atoms with Crippen LogP contribution in [0.2, 0.25) is 0 Å². The van der Waals surface area contributed by atoms with Crippen LogP contribution in [0, 0.1) is 6.92 Å². The fourth-order valence-corrected chi connectivity index (χ4v) is 2.57. The van der Waals surface area contributed by atoms with Crippen LogP contribution in [-0.4, -0.2) is 28.5 Å². The van der Waals surface area contributed by atoms with Gasteiger partial charge in [-0.1, -0.05) is 0 Å². The van der Waals surface area contributed by atoms with Crippen LogP contribution < -0.4 is 5.32 Å². The van der Waals surface area contributed by atoms with E-state index >= 15 is 0 Å². The number of nitrogens with one attached hydrogen (secondary N) is 1. The first-order chi connectivity index (χ1) is 8.06. The second-order valence-corrected chi connectivity index (χ2v) is 5.67. The first-order valence-electron chi connectivity index (χ1n) is 6.10. The van der Waals surface area contributed by atoms with Crippen molar-refractivity contribution in [2.75, 3.05) is 13.2 Å². The molecule has 4 nitrogen and oxygen atoms in total. The van der Waals surface area contributed by atoms with Crippen molar-refractivity contribution < 1.29 is 4.74 Å². The van der Waals surface area contributed by atoms with Gasteiger partial charge in [0.2, 0.25) is 0 Å². The van der Waals surface area contributed by atoms with Crippen molar-refractivity contribution in [1.82, 2.24) is 15.1 Å². The smallest absolute Gasteiger partial charge is 0.0739 e. The highest BCUT2D eigenvalue weighted by molar-refractivity contribution is 9.10. The average Bonchev–Trinajstić information content (AvgIpc) is 2.84. The number of rotatable bonds is 4. The van der Waals surface area contributed by atoms with E-state index < -0.39 is 0 Å². The maximum Gasteiger partial charge on any atom is 0.0739 e. The molecule has 1 aliphatic rings. The van der Waals surface area contributed by atoms with E-state index in [0.29, 0.717) is 0 Å². The van der Waals surface area contributed by atoms with Gasteiger partial charge in [0.1, 0.15) is 0 Å². The van der Waals surface area contributed by atoms with Gasteiger partial charge in [0, 0.05) is 25.2 Å². The van der Waals surface area contributed by atoms with Crippen molar-refractivity contribution >= 4 is 15.9 Å². The number of aryl methyl sites for hydroxylation is 2. The minimum Gasteiger partial charge on any atom is -0.379 e. The van der Waals surface area contributed by atoms with E-state index in [1.807, 2.05) is 11.6 Å². The highest BCUT2D eigenvalue weighted by atomic mass is 79.9. The molecule has 0 amide bonds. The summed E-state index contributed by atoms with van der Waals surface area (Å²) in [4.78, 5) is 0. The molecule has 1 aromatic rings. The van der Waals surface area contributed by atoms with Crippen molar-refractivity contribution in [2.45, 2.75) is 45.8 Å². The number of aromatic nitrogens is 2. The van der Waals surface area contributed by atoms with Gasteiger partial charge in [-0.2, -0.15) is 5.10 Å². The van der Waals surface area contributed by atoms with Crippen molar-refractivity contribution in [2.24, 2.45) is 0 Å². The SMILES string of the molecule is CCn1nc(C)c(Br)c1CNC1(C)CCOC1. The molecule has 0 aliphatic carbocycles. The summed E-state index contributed by atoms with van der Waals surface area (Å²) in [6, 6.07) is 0. The standard InChI is InChI=1S/C12H20BrN3O/c1-4-16-10(11(13)9(2)15-16)7-14-12(3)5-6-17-8-12/h14H,4-8H2,1-3H3. The zero-order chi connectivity index (χ0) is 12.5. The molecule has 1 N–H and O–H groups in total. The van der Waals surface area contributed by atoms with E-state index in [1.54, 1.807) is 0 Å². The van der Waals surface area contributed by atoms with Gasteiger partial charge in [-0.05, 0) is 43.1 Å². The molecule has 0 spiro atoms. The summed E-state index contributed by atoms with van der Waals surface area (Å²) in [5.74, 6) is 0. The molecule has 0 aromatic carbocycles. The normalized spacial score (nSPS) is 24.5. The number of halogens is 1. The lowest BCUT2D eigenvalue weighted by Crippen LogP contribution is -2.42. The molecule has 0 bridgehead atoms. The molecule has 17 heavy (non-hydrogen) atoms. The molecular weight excluding hydrogens is 282 g/mol. The monoisotopic (exact) mass is 301 g/mol. The summed E-state index contributed by atoms with van der Waals surface area (Å²) in [6.07, 6.45) is 1.07. The van der Waals surface area contributed by atoms with Gasteiger partial charge >= 0.3 is 0 Å². The van der Waals surface area contributed by atoms with Gasteiger partial charge in [-0.3, -0.25) is 4.68 Å². The minimum atomic E-state index is 0.107. The topological polar surface area (TPSA) is 39.1 Å². The molecular formula is C12H20BrN3O. The fraction of sp³-hybridized carbons (Fsp3) is 0.750. The summed E-state index contributed by atoms with van der Waals surface area (Å²) < 4.78 is 8.61. The van der Waals surface area contributed by atoms with Gasteiger partial charge in [-0.15, -0.1) is 0 Å². The molecule has 1 fully saturated rings. The minimum absolute atomic E-state index is 0.107. The summed E-state index contributed by atoms with van der Waals surface area (Å²) in [5.41, 5.74) is 2.38. The van der Waals surface area contributed by atoms with Crippen molar-refractivity contribution in [3.63, 3.8) is 0 Å². The Morgan fingerprint density at radius 3 is 2.94 bits per heavy atom. The summed E-state index contributed by atoms with van der Waals surface area (Å²) in [5, 5.41) is 8.08. The Balaban J connectivity index is 2.08. The molecule has 2 heterocycles. The summed E-state index contributed by atoms with van der Waals surface area (Å²) in [6.45, 7) is 9.74. The Morgan fingerprint density at radius 2 is 2.35 bits per heavy atom. The summed E-state index contributed by atoms with van der Waals surface area (Å²) in [7, 11) is 0. The molecule has 0 saturated carbocycles. The third kappa shape index (κ3) is 2.72. The van der Waals surface area contributed by atoms with Crippen LogP contribution in [0.1, 0.15) is 31.7 Å². The van der Waals surface area contributed by atoms with Crippen LogP contribution in [-0.2, 0) is 17.8 Å². The second-order valence-electron chi connectivity index (χ2n) is 4.88. The van der Waals surface area contributed by atoms with Crippen LogP contribution in [0.25, 0.3) is 0 Å². The summed E-state index contributed by atoms with van der Waals surface area (Å²) >= 11 is 3.61. The lowest BCUT2D eigenvalue weighted by Gasteiger charge is -2.23. The second kappa shape index (κ2) is 5.08. The molecule has 5 heteroatoms. The molecule has 1 saturated heterocycles. The van der Waals surface area contributed by atoms with E-state index in [-0.39, 0.29) is 5.54 Å². The van der Waals surface area contributed by atoms with E-state index in [9.17, 15) is 0 Å². The Bertz CT molecular complexity index is 397. The third-order valence-corrected chi connectivity index (χ3v) is 4.39. The first kappa shape index (κ1) is 13.1. The first-order valence-corrected chi connectivity index (χ1v) is 6.89. The van der Waals surface area contributed by atoms with Crippen LogP contribution in [0.3, 0.4) is 0 Å². The predicted octanol–water partition coefficient (Wildman–Crippen LogP) is 2.24. The van der Waals surface area contributed by atoms with Gasteiger partial charge in [-0.25, -0.2) is 0 Å². The van der Waals surface area contributed by atoms with Crippen LogP contribution >= 0.6 is 15.9 Å². The number of hydrogen-bond acceptors (Lipinski definition) is 3. The average molecular weight is 302 g/mol. The van der Waals surface area contributed by atoms with E-state index in [2.05, 4.69) is 40.2 Å². The molecule has 96 valence electrons. The highest BCUT2D eigenvalue weighted by Crippen LogP contribution is 2.23. The predicted molar refractivity (Wildman–Crippen MR) is 71.0 cm³/mol. The Hall–Kier alpha value is -0.390. The molecule has 0 radical (unpaired) electrons. The molecule has 1 atom stereocenters. The zero-order valence-corrected chi connectivity index (χ0v) is 12.3. The van der Waals surface area contributed by atoms with Gasteiger partial charge < -0.3 is 10.1 Å².